The number of hydrogen-bond donors (Lipinski definition) is 2. The van der Waals surface area contributed by atoms with E-state index < -0.39 is 18.1 Å². The molecule has 0 saturated heterocycles. The minimum atomic E-state index is -0.911. The number of aliphatic hydroxyl groups excluding tert-OH is 2. The van der Waals surface area contributed by atoms with Crippen molar-refractivity contribution in [3.05, 3.63) is 11.1 Å². The van der Waals surface area contributed by atoms with E-state index in [1.807, 2.05) is 20.8 Å². The van der Waals surface area contributed by atoms with Gasteiger partial charge in [0.2, 0.25) is 0 Å². The lowest BCUT2D eigenvalue weighted by molar-refractivity contribution is -0.133. The van der Waals surface area contributed by atoms with E-state index in [1.54, 1.807) is 13.8 Å². The Bertz CT molecular complexity index is 526. The first-order valence-corrected chi connectivity index (χ1v) is 8.95. The molecule has 2 aliphatic rings. The van der Waals surface area contributed by atoms with Gasteiger partial charge in [-0.25, -0.2) is 0 Å². The first-order valence-electron chi connectivity index (χ1n) is 8.95. The summed E-state index contributed by atoms with van der Waals surface area (Å²) < 4.78 is 5.67. The molecular weight excluding hydrogens is 308 g/mol. The molecule has 2 N–H and O–H groups in total. The van der Waals surface area contributed by atoms with Gasteiger partial charge in [0.25, 0.3) is 0 Å². The van der Waals surface area contributed by atoms with E-state index in [0.29, 0.717) is 24.0 Å². The van der Waals surface area contributed by atoms with Gasteiger partial charge in [0.15, 0.2) is 11.6 Å². The molecule has 2 rings (SSSR count). The van der Waals surface area contributed by atoms with E-state index >= 15 is 0 Å². The Labute approximate surface area is 144 Å². The minimum Gasteiger partial charge on any atom is -0.393 e. The van der Waals surface area contributed by atoms with E-state index in [1.165, 1.54) is 0 Å². The number of aliphatic hydroxyl groups is 2. The number of carbonyl (C=O) groups excluding carboxylic acids is 2. The molecule has 6 atom stereocenters. The molecule has 0 aromatic rings. The van der Waals surface area contributed by atoms with Gasteiger partial charge in [0.05, 0.1) is 30.3 Å². The van der Waals surface area contributed by atoms with Gasteiger partial charge < -0.3 is 14.9 Å². The Hall–Kier alpha value is -1.04. The van der Waals surface area contributed by atoms with Crippen molar-refractivity contribution in [1.29, 1.82) is 0 Å². The third kappa shape index (κ3) is 3.79. The topological polar surface area (TPSA) is 83.8 Å². The summed E-state index contributed by atoms with van der Waals surface area (Å²) in [6.07, 6.45) is -1.16. The average molecular weight is 338 g/mol. The van der Waals surface area contributed by atoms with E-state index in [9.17, 15) is 19.8 Å². The highest BCUT2D eigenvalue weighted by Crippen LogP contribution is 2.37. The van der Waals surface area contributed by atoms with Gasteiger partial charge >= 0.3 is 0 Å². The maximum Gasteiger partial charge on any atom is 0.165 e. The number of ether oxygens (including phenoxy) is 1. The average Bonchev–Trinajstić information content (AvgIpc) is 2.46. The lowest BCUT2D eigenvalue weighted by Gasteiger charge is -2.37. The molecule has 0 saturated carbocycles. The summed E-state index contributed by atoms with van der Waals surface area (Å²) in [6, 6.07) is 0. The van der Waals surface area contributed by atoms with Crippen LogP contribution in [0.3, 0.4) is 0 Å². The summed E-state index contributed by atoms with van der Waals surface area (Å²) in [6.45, 7) is 9.37. The second-order valence-corrected chi connectivity index (χ2v) is 7.73. The molecule has 136 valence electrons. The molecule has 0 aromatic carbocycles. The van der Waals surface area contributed by atoms with Gasteiger partial charge in [0.1, 0.15) is 0 Å². The Morgan fingerprint density at radius 1 is 1.12 bits per heavy atom. The highest BCUT2D eigenvalue weighted by molar-refractivity contribution is 6.13. The van der Waals surface area contributed by atoms with Crippen molar-refractivity contribution in [3.8, 4) is 0 Å². The molecule has 0 amide bonds. The van der Waals surface area contributed by atoms with Gasteiger partial charge in [-0.05, 0) is 39.0 Å². The van der Waals surface area contributed by atoms with Crippen molar-refractivity contribution < 1.29 is 24.5 Å². The lowest BCUT2D eigenvalue weighted by Crippen LogP contribution is -2.44. The summed E-state index contributed by atoms with van der Waals surface area (Å²) in [5.41, 5.74) is 1.04. The number of Topliss-reactive ketones (excluding diaryl/α,β-unsaturated/α-hetero) is 2. The van der Waals surface area contributed by atoms with Crippen LogP contribution in [0.1, 0.15) is 53.9 Å². The molecule has 0 aromatic heterocycles. The molecule has 0 radical (unpaired) electrons. The number of rotatable bonds is 5. The fourth-order valence-corrected chi connectivity index (χ4v) is 4.14. The van der Waals surface area contributed by atoms with Gasteiger partial charge in [-0.3, -0.25) is 9.59 Å². The highest BCUT2D eigenvalue weighted by Gasteiger charge is 2.43. The zero-order chi connectivity index (χ0) is 18.2. The molecule has 1 aliphatic heterocycles. The van der Waals surface area contributed by atoms with E-state index in [-0.39, 0.29) is 42.0 Å². The van der Waals surface area contributed by atoms with Crippen LogP contribution >= 0.6 is 0 Å². The van der Waals surface area contributed by atoms with Crippen LogP contribution in [-0.2, 0) is 14.3 Å². The summed E-state index contributed by atoms with van der Waals surface area (Å²) in [5, 5.41) is 20.5. The Kier molecular flexibility index (Phi) is 6.00. The zero-order valence-corrected chi connectivity index (χ0v) is 15.3. The second-order valence-electron chi connectivity index (χ2n) is 7.73. The summed E-state index contributed by atoms with van der Waals surface area (Å²) >= 11 is 0. The number of carbonyl (C=O) groups is 2. The summed E-state index contributed by atoms with van der Waals surface area (Å²) in [7, 11) is 0. The van der Waals surface area contributed by atoms with Crippen LogP contribution in [0.2, 0.25) is 0 Å². The first kappa shape index (κ1) is 19.3. The number of hydrogen-bond acceptors (Lipinski definition) is 5. The Morgan fingerprint density at radius 3 is 2.29 bits per heavy atom. The Morgan fingerprint density at radius 2 is 1.75 bits per heavy atom. The zero-order valence-electron chi connectivity index (χ0n) is 15.3. The molecule has 0 bridgehead atoms. The molecule has 5 heteroatoms. The standard InChI is InChI=1S/C19H30O5/c1-9(2)13(11(4)20)7-16(21)14-8-17(22)18-12(5)24-10(3)6-15(18)19(14)23/h9-14,16,20-21H,6-8H2,1-5H3. The van der Waals surface area contributed by atoms with Crippen molar-refractivity contribution in [3.63, 3.8) is 0 Å². The van der Waals surface area contributed by atoms with Crippen LogP contribution in [-0.4, -0.2) is 46.2 Å². The maximum absolute atomic E-state index is 12.9. The predicted octanol–water partition coefficient (Wildman–Crippen LogP) is 2.04. The van der Waals surface area contributed by atoms with E-state index in [0.717, 1.165) is 0 Å². The fraction of sp³-hybridized carbons (Fsp3) is 0.789. The van der Waals surface area contributed by atoms with Gasteiger partial charge in [-0.15, -0.1) is 0 Å². The maximum atomic E-state index is 12.9. The molecule has 6 unspecified atom stereocenters. The molecular formula is C19H30O5. The Balaban J connectivity index is 2.21. The summed E-state index contributed by atoms with van der Waals surface area (Å²) in [4.78, 5) is 25.4. The SMILES string of the molecule is CC1CC2=C(C(=O)CC(C(O)CC(C(C)C)C(C)O)C2=O)C(C)O1. The normalized spacial score (nSPS) is 31.9. The minimum absolute atomic E-state index is 0.0333. The van der Waals surface area contributed by atoms with Crippen molar-refractivity contribution >= 4 is 11.6 Å². The smallest absolute Gasteiger partial charge is 0.165 e. The summed E-state index contributed by atoms with van der Waals surface area (Å²) in [5.74, 6) is -0.829. The molecule has 0 spiro atoms. The lowest BCUT2D eigenvalue weighted by atomic mass is 9.72. The van der Waals surface area contributed by atoms with Crippen LogP contribution in [0.25, 0.3) is 0 Å². The largest absolute Gasteiger partial charge is 0.393 e. The third-order valence-corrected chi connectivity index (χ3v) is 5.45. The molecule has 24 heavy (non-hydrogen) atoms. The van der Waals surface area contributed by atoms with Crippen LogP contribution in [0, 0.1) is 17.8 Å². The van der Waals surface area contributed by atoms with Crippen molar-refractivity contribution in [2.24, 2.45) is 17.8 Å². The molecule has 0 fully saturated rings. The highest BCUT2D eigenvalue weighted by atomic mass is 16.5. The van der Waals surface area contributed by atoms with Crippen LogP contribution in [0.5, 0.6) is 0 Å². The van der Waals surface area contributed by atoms with Gasteiger partial charge in [-0.1, -0.05) is 13.8 Å². The molecule has 1 aliphatic carbocycles. The monoisotopic (exact) mass is 338 g/mol. The van der Waals surface area contributed by atoms with Gasteiger partial charge in [-0.2, -0.15) is 0 Å². The van der Waals surface area contributed by atoms with E-state index in [4.69, 9.17) is 4.74 Å². The van der Waals surface area contributed by atoms with Crippen molar-refractivity contribution in [2.75, 3.05) is 0 Å². The van der Waals surface area contributed by atoms with Crippen molar-refractivity contribution in [1.82, 2.24) is 0 Å². The third-order valence-electron chi connectivity index (χ3n) is 5.45. The van der Waals surface area contributed by atoms with Crippen molar-refractivity contribution in [2.45, 2.75) is 78.3 Å². The quantitative estimate of drug-likeness (QED) is 0.801. The number of ketones is 2. The van der Waals surface area contributed by atoms with Crippen LogP contribution in [0.15, 0.2) is 11.1 Å². The molecule has 5 nitrogen and oxygen atoms in total. The van der Waals surface area contributed by atoms with Gasteiger partial charge in [0, 0.05) is 24.0 Å². The van der Waals surface area contributed by atoms with Crippen LogP contribution in [0.4, 0.5) is 0 Å². The van der Waals surface area contributed by atoms with Crippen LogP contribution < -0.4 is 0 Å². The first-order chi connectivity index (χ1) is 11.1. The van der Waals surface area contributed by atoms with E-state index in [2.05, 4.69) is 0 Å². The predicted molar refractivity (Wildman–Crippen MR) is 90.4 cm³/mol. The molecule has 1 heterocycles. The fourth-order valence-electron chi connectivity index (χ4n) is 4.14. The second kappa shape index (κ2) is 7.46.